The molecule has 0 aliphatic heterocycles. The molecule has 0 radical (unpaired) electrons. The molecule has 4 nitrogen and oxygen atoms in total. The quantitative estimate of drug-likeness (QED) is 0.822. The molecule has 5 heteroatoms. The molecule has 0 spiro atoms. The van der Waals surface area contributed by atoms with Gasteiger partial charge in [0.15, 0.2) is 0 Å². The number of hydrogen-bond acceptors (Lipinski definition) is 3. The number of halogens is 1. The van der Waals surface area contributed by atoms with E-state index in [0.717, 1.165) is 6.42 Å². The van der Waals surface area contributed by atoms with Crippen molar-refractivity contribution in [1.82, 2.24) is 0 Å². The fourth-order valence-electron chi connectivity index (χ4n) is 1.77. The van der Waals surface area contributed by atoms with Crippen molar-refractivity contribution in [3.8, 4) is 5.75 Å². The number of carbonyl (C=O) groups excluding carboxylic acids is 1. The van der Waals surface area contributed by atoms with Crippen LogP contribution in [0.1, 0.15) is 23.7 Å². The van der Waals surface area contributed by atoms with Crippen LogP contribution < -0.4 is 15.8 Å². The first kappa shape index (κ1) is 15.2. The Labute approximate surface area is 128 Å². The van der Waals surface area contributed by atoms with Crippen molar-refractivity contribution >= 4 is 28.9 Å². The number of nitrogens with one attached hydrogen (secondary N) is 1. The van der Waals surface area contributed by atoms with Crippen molar-refractivity contribution in [2.45, 2.75) is 13.3 Å². The van der Waals surface area contributed by atoms with Crippen LogP contribution in [0, 0.1) is 0 Å². The lowest BCUT2D eigenvalue weighted by atomic mass is 10.2. The SMILES string of the molecule is CCCOc1ccccc1NC(=O)c1ccc(N)c(Cl)c1. The van der Waals surface area contributed by atoms with Gasteiger partial charge >= 0.3 is 0 Å². The average molecular weight is 305 g/mol. The van der Waals surface area contributed by atoms with Gasteiger partial charge in [-0.15, -0.1) is 0 Å². The second-order valence-corrected chi connectivity index (χ2v) is 4.94. The van der Waals surface area contributed by atoms with Crippen LogP contribution in [0.4, 0.5) is 11.4 Å². The molecule has 1 amide bonds. The predicted molar refractivity (Wildman–Crippen MR) is 86.0 cm³/mol. The summed E-state index contributed by atoms with van der Waals surface area (Å²) in [5, 5.41) is 3.18. The average Bonchev–Trinajstić information content (AvgIpc) is 2.49. The van der Waals surface area contributed by atoms with Crippen molar-refractivity contribution in [2.75, 3.05) is 17.7 Å². The van der Waals surface area contributed by atoms with Crippen LogP contribution in [0.15, 0.2) is 42.5 Å². The predicted octanol–water partition coefficient (Wildman–Crippen LogP) is 3.96. The minimum absolute atomic E-state index is 0.260. The lowest BCUT2D eigenvalue weighted by Crippen LogP contribution is -2.13. The summed E-state index contributed by atoms with van der Waals surface area (Å²) in [4.78, 5) is 12.2. The number of carbonyl (C=O) groups is 1. The molecular weight excluding hydrogens is 288 g/mol. The molecule has 2 aromatic rings. The van der Waals surface area contributed by atoms with E-state index in [1.807, 2.05) is 25.1 Å². The van der Waals surface area contributed by atoms with E-state index >= 15 is 0 Å². The highest BCUT2D eigenvalue weighted by molar-refractivity contribution is 6.33. The summed E-state index contributed by atoms with van der Waals surface area (Å²) in [6, 6.07) is 12.1. The fourth-order valence-corrected chi connectivity index (χ4v) is 1.95. The molecule has 0 bridgehead atoms. The summed E-state index contributed by atoms with van der Waals surface area (Å²) in [7, 11) is 0. The number of rotatable bonds is 5. The van der Waals surface area contributed by atoms with Crippen LogP contribution in [-0.2, 0) is 0 Å². The molecule has 0 saturated carbocycles. The molecule has 2 aromatic carbocycles. The van der Waals surface area contributed by atoms with Gasteiger partial charge in [-0.25, -0.2) is 0 Å². The Morgan fingerprint density at radius 1 is 1.29 bits per heavy atom. The van der Waals surface area contributed by atoms with Crippen molar-refractivity contribution < 1.29 is 9.53 Å². The van der Waals surface area contributed by atoms with E-state index in [4.69, 9.17) is 22.1 Å². The smallest absolute Gasteiger partial charge is 0.255 e. The molecule has 110 valence electrons. The van der Waals surface area contributed by atoms with Gasteiger partial charge in [-0.1, -0.05) is 30.7 Å². The molecule has 0 heterocycles. The molecule has 21 heavy (non-hydrogen) atoms. The Balaban J connectivity index is 2.17. The highest BCUT2D eigenvalue weighted by Gasteiger charge is 2.11. The molecule has 0 fully saturated rings. The summed E-state index contributed by atoms with van der Waals surface area (Å²) in [5.41, 5.74) is 7.15. The maximum absolute atomic E-state index is 12.2. The first-order valence-electron chi connectivity index (χ1n) is 6.70. The summed E-state index contributed by atoms with van der Waals surface area (Å²) in [6.07, 6.45) is 0.899. The summed E-state index contributed by atoms with van der Waals surface area (Å²) in [6.45, 7) is 2.62. The second kappa shape index (κ2) is 6.99. The highest BCUT2D eigenvalue weighted by atomic mass is 35.5. The lowest BCUT2D eigenvalue weighted by Gasteiger charge is -2.12. The normalized spacial score (nSPS) is 10.2. The van der Waals surface area contributed by atoms with Gasteiger partial charge in [0.2, 0.25) is 0 Å². The number of nitrogens with two attached hydrogens (primary N) is 1. The van der Waals surface area contributed by atoms with Crippen LogP contribution >= 0.6 is 11.6 Å². The van der Waals surface area contributed by atoms with Crippen LogP contribution in [-0.4, -0.2) is 12.5 Å². The monoisotopic (exact) mass is 304 g/mol. The van der Waals surface area contributed by atoms with Crippen LogP contribution in [0.25, 0.3) is 0 Å². The molecule has 0 aliphatic carbocycles. The van der Waals surface area contributed by atoms with Gasteiger partial charge in [0.05, 0.1) is 23.0 Å². The van der Waals surface area contributed by atoms with E-state index in [9.17, 15) is 4.79 Å². The van der Waals surface area contributed by atoms with E-state index in [2.05, 4.69) is 5.32 Å². The van der Waals surface area contributed by atoms with Crippen molar-refractivity contribution in [2.24, 2.45) is 0 Å². The van der Waals surface area contributed by atoms with Crippen LogP contribution in [0.5, 0.6) is 5.75 Å². The number of ether oxygens (including phenoxy) is 1. The zero-order valence-corrected chi connectivity index (χ0v) is 12.5. The molecule has 0 aromatic heterocycles. The maximum atomic E-state index is 12.2. The van der Waals surface area contributed by atoms with Gasteiger partial charge in [0.1, 0.15) is 5.75 Å². The zero-order valence-electron chi connectivity index (χ0n) is 11.7. The Bertz CT molecular complexity index is 644. The van der Waals surface area contributed by atoms with Gasteiger partial charge in [-0.2, -0.15) is 0 Å². The second-order valence-electron chi connectivity index (χ2n) is 4.54. The molecule has 0 saturated heterocycles. The third kappa shape index (κ3) is 3.89. The van der Waals surface area contributed by atoms with Gasteiger partial charge in [0.25, 0.3) is 5.91 Å². The maximum Gasteiger partial charge on any atom is 0.255 e. The summed E-state index contributed by atoms with van der Waals surface area (Å²) >= 11 is 5.93. The number of anilines is 2. The standard InChI is InChI=1S/C16H17ClN2O2/c1-2-9-21-15-6-4-3-5-14(15)19-16(20)11-7-8-13(18)12(17)10-11/h3-8,10H,2,9,18H2,1H3,(H,19,20). The van der Waals surface area contributed by atoms with Crippen LogP contribution in [0.3, 0.4) is 0 Å². The minimum Gasteiger partial charge on any atom is -0.491 e. The molecule has 2 rings (SSSR count). The van der Waals surface area contributed by atoms with Crippen LogP contribution in [0.2, 0.25) is 5.02 Å². The first-order valence-corrected chi connectivity index (χ1v) is 7.08. The Hall–Kier alpha value is -2.20. The molecule has 0 aliphatic rings. The zero-order chi connectivity index (χ0) is 15.2. The van der Waals surface area contributed by atoms with Crippen molar-refractivity contribution in [3.63, 3.8) is 0 Å². The summed E-state index contributed by atoms with van der Waals surface area (Å²) < 4.78 is 5.61. The Kier molecular flexibility index (Phi) is 5.06. The fraction of sp³-hybridized carbons (Fsp3) is 0.188. The third-order valence-electron chi connectivity index (χ3n) is 2.86. The Morgan fingerprint density at radius 2 is 2.05 bits per heavy atom. The Morgan fingerprint density at radius 3 is 2.76 bits per heavy atom. The lowest BCUT2D eigenvalue weighted by molar-refractivity contribution is 0.102. The number of hydrogen-bond donors (Lipinski definition) is 2. The van der Waals surface area contributed by atoms with E-state index < -0.39 is 0 Å². The minimum atomic E-state index is -0.260. The van der Waals surface area contributed by atoms with Crippen molar-refractivity contribution in [1.29, 1.82) is 0 Å². The molecule has 0 unspecified atom stereocenters. The number of para-hydroxylation sites is 2. The number of amides is 1. The highest BCUT2D eigenvalue weighted by Crippen LogP contribution is 2.25. The third-order valence-corrected chi connectivity index (χ3v) is 3.19. The van der Waals surface area contributed by atoms with Gasteiger partial charge in [0, 0.05) is 5.56 Å². The summed E-state index contributed by atoms with van der Waals surface area (Å²) in [5.74, 6) is 0.388. The van der Waals surface area contributed by atoms with E-state index in [1.54, 1.807) is 24.3 Å². The number of nitrogen functional groups attached to an aromatic ring is 1. The van der Waals surface area contributed by atoms with Gasteiger partial charge in [-0.05, 0) is 36.8 Å². The van der Waals surface area contributed by atoms with E-state index in [1.165, 1.54) is 0 Å². The molecule has 3 N–H and O–H groups in total. The van der Waals surface area contributed by atoms with Gasteiger partial charge in [-0.3, -0.25) is 4.79 Å². The first-order chi connectivity index (χ1) is 10.1. The molecule has 0 atom stereocenters. The molecular formula is C16H17ClN2O2. The van der Waals surface area contributed by atoms with E-state index in [-0.39, 0.29) is 5.91 Å². The largest absolute Gasteiger partial charge is 0.491 e. The number of benzene rings is 2. The van der Waals surface area contributed by atoms with E-state index in [0.29, 0.717) is 34.3 Å². The van der Waals surface area contributed by atoms with Gasteiger partial charge < -0.3 is 15.8 Å². The topological polar surface area (TPSA) is 64.3 Å². The van der Waals surface area contributed by atoms with Crippen molar-refractivity contribution in [3.05, 3.63) is 53.1 Å².